The third-order valence-electron chi connectivity index (χ3n) is 15.5. The third-order valence-corrected chi connectivity index (χ3v) is 16.7. The number of furan rings is 1. The first-order chi connectivity index (χ1) is 36.1. The molecule has 0 radical (unpaired) electrons. The van der Waals surface area contributed by atoms with Crippen LogP contribution in [0.5, 0.6) is 0 Å². The molecular weight excluding hydrogens is 909 g/mol. The van der Waals surface area contributed by atoms with E-state index in [1.807, 2.05) is 11.3 Å². The van der Waals surface area contributed by atoms with E-state index in [-0.39, 0.29) is 5.92 Å². The molecule has 1 atom stereocenters. The number of aromatic nitrogens is 2. The molecule has 1 aliphatic rings. The maximum Gasteiger partial charge on any atom is 0.163 e. The van der Waals surface area contributed by atoms with Crippen LogP contribution in [0, 0.1) is 5.92 Å². The zero-order valence-electron chi connectivity index (χ0n) is 39.7. The van der Waals surface area contributed by atoms with Crippen LogP contribution in [0.25, 0.3) is 130 Å². The fraction of sp³-hybridized carbons (Fsp3) is 0.0448. The minimum Gasteiger partial charge on any atom is -0.454 e. The summed E-state index contributed by atoms with van der Waals surface area (Å²) in [5.41, 5.74) is 10.1. The minimum absolute atomic E-state index is 0.0420. The molecule has 0 saturated heterocycles. The Labute approximate surface area is 422 Å². The fourth-order valence-electron chi connectivity index (χ4n) is 12.2. The number of aliphatic imine (C=N–C) groups is 2. The van der Waals surface area contributed by atoms with Crippen molar-refractivity contribution in [1.82, 2.24) is 9.13 Å². The molecule has 0 fully saturated rings. The number of nitrogens with zero attached hydrogens (tertiary/aromatic N) is 4. The number of amidine groups is 1. The number of benzene rings is 11. The Morgan fingerprint density at radius 1 is 0.452 bits per heavy atom. The maximum atomic E-state index is 7.36. The second-order valence-electron chi connectivity index (χ2n) is 19.6. The molecule has 0 N–H and O–H groups in total. The van der Waals surface area contributed by atoms with Gasteiger partial charge in [-0.2, -0.15) is 0 Å². The van der Waals surface area contributed by atoms with E-state index in [1.54, 1.807) is 0 Å². The number of hydrogen-bond acceptors (Lipinski definition) is 4. The largest absolute Gasteiger partial charge is 0.454 e. The monoisotopic (exact) mass is 950 g/mol. The van der Waals surface area contributed by atoms with Crippen molar-refractivity contribution in [2.24, 2.45) is 15.9 Å². The summed E-state index contributed by atoms with van der Waals surface area (Å²) in [6, 6.07) is 77.1. The molecule has 6 heteroatoms. The van der Waals surface area contributed by atoms with E-state index in [0.717, 1.165) is 89.5 Å². The lowest BCUT2D eigenvalue weighted by Gasteiger charge is -2.21. The van der Waals surface area contributed by atoms with Crippen molar-refractivity contribution < 1.29 is 4.42 Å². The highest BCUT2D eigenvalue weighted by molar-refractivity contribution is 7.25. The summed E-state index contributed by atoms with van der Waals surface area (Å²) in [4.78, 5) is 11.9. The first-order valence-corrected chi connectivity index (χ1v) is 25.9. The highest BCUT2D eigenvalue weighted by Gasteiger charge is 2.29. The first kappa shape index (κ1) is 40.6. The van der Waals surface area contributed by atoms with Gasteiger partial charge < -0.3 is 8.98 Å². The van der Waals surface area contributed by atoms with Crippen molar-refractivity contribution in [1.29, 1.82) is 0 Å². The van der Waals surface area contributed by atoms with Gasteiger partial charge in [-0.1, -0.05) is 165 Å². The number of thiophene rings is 1. The molecule has 11 aromatic carbocycles. The van der Waals surface area contributed by atoms with Crippen LogP contribution in [0.2, 0.25) is 0 Å². The van der Waals surface area contributed by atoms with Crippen molar-refractivity contribution >= 4 is 147 Å². The van der Waals surface area contributed by atoms with Gasteiger partial charge >= 0.3 is 0 Å². The van der Waals surface area contributed by atoms with Crippen LogP contribution >= 0.6 is 11.3 Å². The smallest absolute Gasteiger partial charge is 0.163 e. The highest BCUT2D eigenvalue weighted by Crippen LogP contribution is 2.47. The second kappa shape index (κ2) is 15.4. The molecule has 1 aliphatic heterocycles. The van der Waals surface area contributed by atoms with E-state index in [1.165, 1.54) is 63.3 Å². The zero-order chi connectivity index (χ0) is 47.9. The third kappa shape index (κ3) is 5.90. The summed E-state index contributed by atoms with van der Waals surface area (Å²) in [6.45, 7) is 2.32. The lowest BCUT2D eigenvalue weighted by molar-refractivity contribution is 0.667. The zero-order valence-corrected chi connectivity index (χ0v) is 40.5. The van der Waals surface area contributed by atoms with Crippen molar-refractivity contribution in [2.45, 2.75) is 13.3 Å². The average molecular weight is 951 g/mol. The highest BCUT2D eigenvalue weighted by atomic mass is 32.1. The quantitative estimate of drug-likeness (QED) is 0.173. The van der Waals surface area contributed by atoms with Crippen LogP contribution in [-0.2, 0) is 0 Å². The second-order valence-corrected chi connectivity index (χ2v) is 20.7. The van der Waals surface area contributed by atoms with E-state index in [0.29, 0.717) is 5.84 Å². The van der Waals surface area contributed by atoms with Crippen molar-refractivity contribution in [3.8, 4) is 5.69 Å². The molecule has 0 amide bonds. The lowest BCUT2D eigenvalue weighted by atomic mass is 9.92. The number of allylic oxidation sites excluding steroid dienone is 1. The van der Waals surface area contributed by atoms with Crippen LogP contribution in [-0.4, -0.2) is 20.7 Å². The van der Waals surface area contributed by atoms with Crippen LogP contribution in [0.15, 0.2) is 233 Å². The number of fused-ring (bicyclic) bond motifs is 16. The predicted octanol–water partition coefficient (Wildman–Crippen LogP) is 18.4. The summed E-state index contributed by atoms with van der Waals surface area (Å²) in [7, 11) is 0. The van der Waals surface area contributed by atoms with Crippen molar-refractivity contribution in [2.75, 3.05) is 0 Å². The van der Waals surface area contributed by atoms with E-state index in [2.05, 4.69) is 234 Å². The van der Waals surface area contributed by atoms with Crippen LogP contribution in [0.4, 0.5) is 0 Å². The summed E-state index contributed by atoms with van der Waals surface area (Å²) >= 11 is 1.84. The molecule has 0 saturated carbocycles. The minimum atomic E-state index is 0.0420. The molecule has 5 nitrogen and oxygen atoms in total. The molecule has 16 rings (SSSR count). The van der Waals surface area contributed by atoms with E-state index in [4.69, 9.17) is 14.4 Å². The van der Waals surface area contributed by atoms with Crippen LogP contribution in [0.3, 0.4) is 0 Å². The number of rotatable bonds is 4. The summed E-state index contributed by atoms with van der Waals surface area (Å²) < 4.78 is 14.7. The van der Waals surface area contributed by atoms with Gasteiger partial charge in [0.1, 0.15) is 11.4 Å². The average Bonchev–Trinajstić information content (AvgIpc) is 4.19. The Morgan fingerprint density at radius 3 is 1.88 bits per heavy atom. The molecule has 73 heavy (non-hydrogen) atoms. The van der Waals surface area contributed by atoms with Gasteiger partial charge in [0.25, 0.3) is 0 Å². The molecular formula is C67H42N4OS. The standard InChI is InChI=1S/C67H42N4OS/c1-39-30-35-60(70-53-26-12-8-20-45(53)46-21-9-13-27-54(46)70)68-67(69-64(39)43-32-34-59-51(37-43)47-22-11-15-29-58(47)73-59)63-48-23-6-7-24-49(48)65(66-62(63)50-25-10-14-28-57(50)72-66)71-55-33-31-40-16-4-5-19-44(40)61(55)52-36-41-17-2-3-18-42(41)38-56(52)71/h2-29,31-39H,30H2,1H3/b60-35-,68-67-,69-64+. The van der Waals surface area contributed by atoms with Gasteiger partial charge in [-0.3, -0.25) is 4.57 Å². The molecule has 0 bridgehead atoms. The Bertz CT molecular complexity index is 4920. The SMILES string of the molecule is CC1C/C=C(n2c3ccccc3c3ccccc32)/N=C(c2c3ccccc3c(-n3c4cc5ccccc5cc4c4c5ccccc5ccc43)c3oc4ccccc4c23)\N=C/1c1ccc2sc3ccccc3c2c1. The maximum absolute atomic E-state index is 7.36. The van der Waals surface area contributed by atoms with E-state index in [9.17, 15) is 0 Å². The van der Waals surface area contributed by atoms with Crippen molar-refractivity contribution in [3.05, 3.63) is 230 Å². The van der Waals surface area contributed by atoms with E-state index >= 15 is 0 Å². The Kier molecular flexibility index (Phi) is 8.59. The summed E-state index contributed by atoms with van der Waals surface area (Å²) in [5.74, 6) is 1.53. The van der Waals surface area contributed by atoms with Gasteiger partial charge in [-0.15, -0.1) is 11.3 Å². The Balaban J connectivity index is 1.06. The molecule has 4 aromatic heterocycles. The van der Waals surface area contributed by atoms with Crippen LogP contribution < -0.4 is 0 Å². The summed E-state index contributed by atoms with van der Waals surface area (Å²) in [5, 5.41) is 16.2. The summed E-state index contributed by atoms with van der Waals surface area (Å²) in [6.07, 6.45) is 3.08. The van der Waals surface area contributed by atoms with E-state index < -0.39 is 0 Å². The molecule has 0 spiro atoms. The molecule has 5 heterocycles. The van der Waals surface area contributed by atoms with Gasteiger partial charge in [0, 0.05) is 69.4 Å². The number of para-hydroxylation sites is 3. The topological polar surface area (TPSA) is 47.7 Å². The number of hydrogen-bond donors (Lipinski definition) is 0. The Morgan fingerprint density at radius 2 is 1.08 bits per heavy atom. The van der Waals surface area contributed by atoms with Crippen molar-refractivity contribution in [3.63, 3.8) is 0 Å². The molecule has 1 unspecified atom stereocenters. The lowest BCUT2D eigenvalue weighted by Crippen LogP contribution is -2.18. The predicted molar refractivity (Wildman–Crippen MR) is 310 cm³/mol. The molecule has 15 aromatic rings. The first-order valence-electron chi connectivity index (χ1n) is 25.1. The molecule has 0 aliphatic carbocycles. The van der Waals surface area contributed by atoms with Crippen LogP contribution in [0.1, 0.15) is 24.5 Å². The Hall–Kier alpha value is -9.10. The van der Waals surface area contributed by atoms with Gasteiger partial charge in [-0.05, 0) is 99.6 Å². The molecule has 342 valence electrons. The van der Waals surface area contributed by atoms with Gasteiger partial charge in [0.05, 0.1) is 33.5 Å². The van der Waals surface area contributed by atoms with Gasteiger partial charge in [-0.25, -0.2) is 9.98 Å². The van der Waals surface area contributed by atoms with Gasteiger partial charge in [0.2, 0.25) is 0 Å². The van der Waals surface area contributed by atoms with Gasteiger partial charge in [0.15, 0.2) is 11.4 Å². The normalized spacial score (nSPS) is 16.8. The fourth-order valence-corrected chi connectivity index (χ4v) is 13.3.